The van der Waals surface area contributed by atoms with Gasteiger partial charge in [-0.1, -0.05) is 35.4 Å². The minimum Gasteiger partial charge on any atom is -0.502 e. The summed E-state index contributed by atoms with van der Waals surface area (Å²) >= 11 is -2.06. The third-order valence-electron chi connectivity index (χ3n) is 7.07. The van der Waals surface area contributed by atoms with Crippen LogP contribution in [-0.2, 0) is 23.5 Å². The van der Waals surface area contributed by atoms with Crippen molar-refractivity contribution >= 4 is 45.4 Å². The Hall–Kier alpha value is -1.96. The molecule has 0 amide bonds. The van der Waals surface area contributed by atoms with Crippen molar-refractivity contribution < 1.29 is 26.7 Å². The number of rotatable bonds is 7. The molecule has 238 valence electrons. The molecule has 0 aromatic heterocycles. The first-order chi connectivity index (χ1) is 20.0. The number of aromatic hydroxyl groups is 1. The molecule has 1 fully saturated rings. The van der Waals surface area contributed by atoms with Gasteiger partial charge >= 0.3 is 133 Å². The number of nitrogens with zero attached hydrogens (tertiary/aromatic N) is 3. The van der Waals surface area contributed by atoms with Gasteiger partial charge in [0, 0.05) is 24.5 Å². The van der Waals surface area contributed by atoms with Gasteiger partial charge in [-0.15, -0.1) is 0 Å². The number of hydrogen-bond donors (Lipinski definition) is 0. The van der Waals surface area contributed by atoms with E-state index in [2.05, 4.69) is 87.0 Å². The number of benzene rings is 3. The second kappa shape index (κ2) is 14.9. The molecular weight excluding hydrogens is 690 g/mol. The maximum Gasteiger partial charge on any atom is 0.0146 e. The van der Waals surface area contributed by atoms with Gasteiger partial charge in [0.1, 0.15) is 0 Å². The average molecular weight is 736 g/mol. The minimum absolute atomic E-state index is 0.102. The van der Waals surface area contributed by atoms with Crippen LogP contribution in [0.2, 0.25) is 0 Å². The van der Waals surface area contributed by atoms with Gasteiger partial charge in [-0.25, -0.2) is 0 Å². The summed E-state index contributed by atoms with van der Waals surface area (Å²) in [5.41, 5.74) is 11.5. The van der Waals surface area contributed by atoms with E-state index < -0.39 is 23.5 Å². The van der Waals surface area contributed by atoms with Crippen molar-refractivity contribution in [2.45, 2.75) is 66.4 Å². The van der Waals surface area contributed by atoms with E-state index in [0.717, 1.165) is 13.1 Å². The maximum atomic E-state index is 12.1. The van der Waals surface area contributed by atoms with Crippen LogP contribution in [0.5, 0.6) is 5.75 Å². The molecule has 4 rings (SSSR count). The number of halogens is 2. The summed E-state index contributed by atoms with van der Waals surface area (Å²) < 4.78 is 31.6. The predicted octanol–water partition coefficient (Wildman–Crippen LogP) is 7.65. The van der Waals surface area contributed by atoms with Crippen molar-refractivity contribution in [2.75, 3.05) is 37.0 Å². The molecule has 10 heteroatoms. The van der Waals surface area contributed by atoms with Crippen LogP contribution in [0.25, 0.3) is 0 Å². The maximum absolute atomic E-state index is 12.1. The quantitative estimate of drug-likeness (QED) is 0.142. The van der Waals surface area contributed by atoms with E-state index in [-0.39, 0.29) is 11.0 Å². The van der Waals surface area contributed by atoms with Gasteiger partial charge in [0.25, 0.3) is 0 Å². The van der Waals surface area contributed by atoms with Crippen LogP contribution in [0.15, 0.2) is 47.4 Å². The van der Waals surface area contributed by atoms with E-state index in [4.69, 9.17) is 19.4 Å². The molecule has 3 aromatic carbocycles. The standard InChI is InChI=1S/C21H27N2.C12H17NO3S.2ClH.Ru/c1-14-9-16(3)20(17(4)10-14)22-7-8-23(13-22)21-18(5)11-15(2)12-19(21)6;1-9(2)16-12-7-6-11(8-10(12)3)17(14,15)13(4)5;;;/h9-13H,7-8H2,1-6H3;3,6-9H,1-2,4-5H3;2*1H;/q-1;;;;+2/p-1. The molecule has 0 aliphatic carbocycles. The molecule has 6 nitrogen and oxygen atoms in total. The molecule has 0 spiro atoms. The SMILES string of the molecule is CC(C)[OH+]c1ccc(S(=O)(=O)N(C)C)cc1[CH]=[Ru]([Cl])[Cl].Cc1cc(C)c(N2[CH-]N(c3c(C)cc(C)cc3C)CC2)c(C)c1. The Kier molecular flexibility index (Phi) is 12.3. The molecule has 43 heavy (non-hydrogen) atoms. The van der Waals surface area contributed by atoms with Gasteiger partial charge in [0.05, 0.1) is 0 Å². The Labute approximate surface area is 272 Å². The summed E-state index contributed by atoms with van der Waals surface area (Å²) in [5, 5.41) is 0. The third-order valence-corrected chi connectivity index (χ3v) is 10.7. The zero-order valence-electron chi connectivity index (χ0n) is 26.8. The van der Waals surface area contributed by atoms with Crippen LogP contribution in [0.3, 0.4) is 0 Å². The van der Waals surface area contributed by atoms with E-state index in [0.29, 0.717) is 11.3 Å². The summed E-state index contributed by atoms with van der Waals surface area (Å²) in [7, 11) is 11.3. The average Bonchev–Trinajstić information content (AvgIpc) is 3.32. The minimum atomic E-state index is -3.48. The van der Waals surface area contributed by atoms with Crippen molar-refractivity contribution in [1.82, 2.24) is 4.31 Å². The first-order valence-corrected chi connectivity index (χ1v) is 21.1. The number of ether oxygens (including phenoxy) is 1. The Balaban J connectivity index is 0.000000238. The molecule has 1 aliphatic rings. The number of aliphatic hydroxyl groups is 1. The van der Waals surface area contributed by atoms with E-state index >= 15 is 0 Å². The topological polar surface area (TPSA) is 56.7 Å². The Morgan fingerprint density at radius 1 is 0.837 bits per heavy atom. The Morgan fingerprint density at radius 3 is 1.65 bits per heavy atom. The molecule has 1 N–H and O–H groups in total. The summed E-state index contributed by atoms with van der Waals surface area (Å²) in [6, 6.07) is 13.9. The van der Waals surface area contributed by atoms with E-state index in [1.165, 1.54) is 63.2 Å². The fourth-order valence-corrected chi connectivity index (χ4v) is 8.29. The predicted molar refractivity (Wildman–Crippen MR) is 181 cm³/mol. The van der Waals surface area contributed by atoms with Crippen molar-refractivity contribution in [3.63, 3.8) is 0 Å². The van der Waals surface area contributed by atoms with E-state index in [9.17, 15) is 8.42 Å². The molecular formula is C33H45Cl2N3O3RuS. The van der Waals surface area contributed by atoms with Gasteiger partial charge in [0.2, 0.25) is 0 Å². The van der Waals surface area contributed by atoms with Crippen LogP contribution in [-0.4, -0.2) is 55.4 Å². The van der Waals surface area contributed by atoms with Crippen LogP contribution >= 0.6 is 19.4 Å². The molecule has 1 aliphatic heterocycles. The fraction of sp³-hybridized carbons (Fsp3) is 0.394. The first-order valence-electron chi connectivity index (χ1n) is 14.2. The van der Waals surface area contributed by atoms with Crippen molar-refractivity contribution in [1.29, 1.82) is 0 Å². The van der Waals surface area contributed by atoms with Gasteiger partial charge in [-0.2, -0.15) is 6.67 Å². The van der Waals surface area contributed by atoms with Crippen molar-refractivity contribution in [3.8, 4) is 5.75 Å². The molecule has 1 saturated heterocycles. The zero-order valence-corrected chi connectivity index (χ0v) is 30.9. The van der Waals surface area contributed by atoms with Gasteiger partial charge in [-0.05, 0) is 63.8 Å². The van der Waals surface area contributed by atoms with Crippen LogP contribution < -0.4 is 9.80 Å². The molecule has 0 radical (unpaired) electrons. The Morgan fingerprint density at radius 2 is 1.28 bits per heavy atom. The number of sulfonamides is 1. The third kappa shape index (κ3) is 9.05. The molecule has 0 atom stereocenters. The molecule has 0 unspecified atom stereocenters. The van der Waals surface area contributed by atoms with E-state index in [1.54, 1.807) is 22.8 Å². The van der Waals surface area contributed by atoms with Crippen LogP contribution in [0, 0.1) is 48.2 Å². The number of aryl methyl sites for hydroxylation is 6. The second-order valence-corrected chi connectivity index (χ2v) is 19.4. The normalized spacial score (nSPS) is 13.8. The largest absolute Gasteiger partial charge is 0.502 e. The molecule has 3 aromatic rings. The summed E-state index contributed by atoms with van der Waals surface area (Å²) in [6.07, 6.45) is 0.102. The van der Waals surface area contributed by atoms with Crippen LogP contribution in [0.1, 0.15) is 52.8 Å². The number of anilines is 2. The van der Waals surface area contributed by atoms with Crippen LogP contribution in [0.4, 0.5) is 11.4 Å². The summed E-state index contributed by atoms with van der Waals surface area (Å²) in [6.45, 7) is 21.5. The summed E-state index contributed by atoms with van der Waals surface area (Å²) in [4.78, 5) is 5.02. The second-order valence-electron chi connectivity index (χ2n) is 11.5. The molecule has 0 saturated carbocycles. The monoisotopic (exact) mass is 735 g/mol. The van der Waals surface area contributed by atoms with E-state index in [1.807, 2.05) is 13.8 Å². The molecule has 0 bridgehead atoms. The molecule has 1 heterocycles. The fourth-order valence-electron chi connectivity index (χ4n) is 5.55. The Bertz CT molecular complexity index is 1490. The zero-order chi connectivity index (χ0) is 32.2. The van der Waals surface area contributed by atoms with Gasteiger partial charge < -0.3 is 9.80 Å². The summed E-state index contributed by atoms with van der Waals surface area (Å²) in [5.74, 6) is 0.706. The smallest absolute Gasteiger partial charge is 0.0146 e. The van der Waals surface area contributed by atoms with Gasteiger partial charge in [-0.3, -0.25) is 0 Å². The van der Waals surface area contributed by atoms with Crippen molar-refractivity contribution in [2.24, 2.45) is 0 Å². The first kappa shape index (κ1) is 35.5. The number of hydrogen-bond acceptors (Lipinski definition) is 4. The van der Waals surface area contributed by atoms with Crippen molar-refractivity contribution in [3.05, 3.63) is 88.1 Å². The van der Waals surface area contributed by atoms with Gasteiger partial charge in [0.15, 0.2) is 0 Å².